The Bertz CT molecular complexity index is 266. The molecule has 5 nitrogen and oxygen atoms in total. The fraction of sp³-hybridized carbons (Fsp3) is 0.923. The van der Waals surface area contributed by atoms with Crippen LogP contribution in [0.1, 0.15) is 47.5 Å². The summed E-state index contributed by atoms with van der Waals surface area (Å²) in [6, 6.07) is 1.01. The second-order valence-corrected chi connectivity index (χ2v) is 6.08. The highest BCUT2D eigenvalue weighted by Gasteiger charge is 2.24. The molecule has 0 atom stereocenters. The second kappa shape index (κ2) is 6.38. The van der Waals surface area contributed by atoms with Gasteiger partial charge in [-0.3, -0.25) is 0 Å². The van der Waals surface area contributed by atoms with Gasteiger partial charge in [0, 0.05) is 25.2 Å². The highest BCUT2D eigenvalue weighted by Crippen LogP contribution is 2.14. The van der Waals surface area contributed by atoms with Crippen LogP contribution >= 0.6 is 0 Å². The smallest absolute Gasteiger partial charge is 0.427 e. The first-order chi connectivity index (χ1) is 8.26. The highest BCUT2D eigenvalue weighted by atomic mass is 16.8. The monoisotopic (exact) mass is 258 g/mol. The molecule has 1 aliphatic rings. The standard InChI is InChI=1S/C13H26N2O3/c1-10(2)14-11-6-8-15(9-7-11)18-12(16)17-13(3,4)5/h10-11,14H,6-9H2,1-5H3. The molecule has 0 bridgehead atoms. The van der Waals surface area contributed by atoms with Gasteiger partial charge in [0.25, 0.3) is 0 Å². The minimum absolute atomic E-state index is 0.494. The summed E-state index contributed by atoms with van der Waals surface area (Å²) in [7, 11) is 0. The van der Waals surface area contributed by atoms with Gasteiger partial charge in [-0.15, -0.1) is 5.06 Å². The molecular weight excluding hydrogens is 232 g/mol. The maximum Gasteiger partial charge on any atom is 0.528 e. The lowest BCUT2D eigenvalue weighted by Gasteiger charge is -2.32. The van der Waals surface area contributed by atoms with E-state index in [0.717, 1.165) is 25.9 Å². The van der Waals surface area contributed by atoms with Crippen molar-refractivity contribution in [1.82, 2.24) is 10.4 Å². The fourth-order valence-corrected chi connectivity index (χ4v) is 1.96. The largest absolute Gasteiger partial charge is 0.528 e. The maximum absolute atomic E-state index is 11.5. The predicted octanol–water partition coefficient (Wildman–Crippen LogP) is 2.32. The van der Waals surface area contributed by atoms with Crippen molar-refractivity contribution in [1.29, 1.82) is 0 Å². The molecule has 0 aliphatic carbocycles. The first-order valence-electron chi connectivity index (χ1n) is 6.68. The Labute approximate surface area is 110 Å². The van der Waals surface area contributed by atoms with Crippen LogP contribution in [0.2, 0.25) is 0 Å². The van der Waals surface area contributed by atoms with Crippen molar-refractivity contribution in [3.63, 3.8) is 0 Å². The molecule has 0 spiro atoms. The summed E-state index contributed by atoms with van der Waals surface area (Å²) in [6.07, 6.45) is 1.36. The van der Waals surface area contributed by atoms with E-state index in [4.69, 9.17) is 9.57 Å². The minimum atomic E-state index is -0.613. The molecule has 0 amide bonds. The number of nitrogens with one attached hydrogen (secondary N) is 1. The van der Waals surface area contributed by atoms with Gasteiger partial charge in [-0.05, 0) is 33.6 Å². The number of nitrogens with zero attached hydrogens (tertiary/aromatic N) is 1. The minimum Gasteiger partial charge on any atom is -0.427 e. The van der Waals surface area contributed by atoms with Gasteiger partial charge in [0.05, 0.1) is 0 Å². The molecule has 1 N–H and O–H groups in total. The Hall–Kier alpha value is -0.810. The van der Waals surface area contributed by atoms with Crippen molar-refractivity contribution in [2.24, 2.45) is 0 Å². The molecule has 106 valence electrons. The van der Waals surface area contributed by atoms with E-state index in [2.05, 4.69) is 19.2 Å². The number of hydrogen-bond acceptors (Lipinski definition) is 5. The molecule has 1 rings (SSSR count). The second-order valence-electron chi connectivity index (χ2n) is 6.08. The molecule has 0 radical (unpaired) electrons. The van der Waals surface area contributed by atoms with E-state index in [1.807, 2.05) is 20.8 Å². The molecule has 0 saturated carbocycles. The molecule has 0 aromatic heterocycles. The van der Waals surface area contributed by atoms with E-state index >= 15 is 0 Å². The van der Waals surface area contributed by atoms with Crippen LogP contribution < -0.4 is 5.32 Å². The molecule has 1 aliphatic heterocycles. The average Bonchev–Trinajstić information content (AvgIpc) is 2.17. The zero-order valence-corrected chi connectivity index (χ0v) is 12.2. The number of carbonyl (C=O) groups is 1. The normalized spacial score (nSPS) is 19.0. The van der Waals surface area contributed by atoms with Crippen LogP contribution in [0.5, 0.6) is 0 Å². The number of piperidine rings is 1. The number of rotatable bonds is 3. The third kappa shape index (κ3) is 6.21. The summed E-state index contributed by atoms with van der Waals surface area (Å²) in [5, 5.41) is 5.18. The molecule has 1 heterocycles. The molecular formula is C13H26N2O3. The Morgan fingerprint density at radius 2 is 1.83 bits per heavy atom. The van der Waals surface area contributed by atoms with E-state index in [-0.39, 0.29) is 0 Å². The highest BCUT2D eigenvalue weighted by molar-refractivity contribution is 5.60. The van der Waals surface area contributed by atoms with Crippen molar-refractivity contribution in [2.45, 2.75) is 65.1 Å². The van der Waals surface area contributed by atoms with E-state index in [0.29, 0.717) is 12.1 Å². The molecule has 0 aromatic carbocycles. The number of ether oxygens (including phenoxy) is 1. The third-order valence-electron chi connectivity index (χ3n) is 2.62. The first kappa shape index (κ1) is 15.2. The van der Waals surface area contributed by atoms with Crippen LogP contribution in [0.25, 0.3) is 0 Å². The van der Waals surface area contributed by atoms with Crippen LogP contribution in [0.3, 0.4) is 0 Å². The number of hydrogen-bond donors (Lipinski definition) is 1. The van der Waals surface area contributed by atoms with Gasteiger partial charge in [0.2, 0.25) is 0 Å². The van der Waals surface area contributed by atoms with Crippen LogP contribution in [0, 0.1) is 0 Å². The van der Waals surface area contributed by atoms with Gasteiger partial charge in [-0.25, -0.2) is 4.79 Å². The van der Waals surface area contributed by atoms with Gasteiger partial charge in [0.15, 0.2) is 0 Å². The predicted molar refractivity (Wildman–Crippen MR) is 70.2 cm³/mol. The van der Waals surface area contributed by atoms with Gasteiger partial charge in [-0.2, -0.15) is 0 Å². The van der Waals surface area contributed by atoms with Crippen LogP contribution in [-0.2, 0) is 9.57 Å². The molecule has 5 heteroatoms. The average molecular weight is 258 g/mol. The van der Waals surface area contributed by atoms with Gasteiger partial charge < -0.3 is 14.9 Å². The summed E-state index contributed by atoms with van der Waals surface area (Å²) in [5.41, 5.74) is -0.505. The van der Waals surface area contributed by atoms with E-state index < -0.39 is 11.8 Å². The summed E-state index contributed by atoms with van der Waals surface area (Å²) >= 11 is 0. The van der Waals surface area contributed by atoms with Crippen LogP contribution in [-0.4, -0.2) is 42.0 Å². The van der Waals surface area contributed by atoms with Crippen molar-refractivity contribution in [3.05, 3.63) is 0 Å². The first-order valence-corrected chi connectivity index (χ1v) is 6.68. The summed E-state index contributed by atoms with van der Waals surface area (Å²) in [6.45, 7) is 11.3. The van der Waals surface area contributed by atoms with Gasteiger partial charge >= 0.3 is 6.16 Å². The van der Waals surface area contributed by atoms with Gasteiger partial charge in [-0.1, -0.05) is 13.8 Å². The molecule has 0 aromatic rings. The topological polar surface area (TPSA) is 50.8 Å². The van der Waals surface area contributed by atoms with Crippen molar-refractivity contribution >= 4 is 6.16 Å². The number of carbonyl (C=O) groups excluding carboxylic acids is 1. The van der Waals surface area contributed by atoms with Crippen molar-refractivity contribution in [3.8, 4) is 0 Å². The maximum atomic E-state index is 11.5. The molecule has 1 saturated heterocycles. The Kier molecular flexibility index (Phi) is 5.41. The third-order valence-corrected chi connectivity index (χ3v) is 2.62. The van der Waals surface area contributed by atoms with E-state index in [1.54, 1.807) is 5.06 Å². The lowest BCUT2D eigenvalue weighted by molar-refractivity contribution is -0.153. The fourth-order valence-electron chi connectivity index (χ4n) is 1.96. The van der Waals surface area contributed by atoms with Crippen molar-refractivity contribution in [2.75, 3.05) is 13.1 Å². The van der Waals surface area contributed by atoms with E-state index in [9.17, 15) is 4.79 Å². The lowest BCUT2D eigenvalue weighted by Crippen LogP contribution is -2.45. The zero-order valence-electron chi connectivity index (χ0n) is 12.2. The van der Waals surface area contributed by atoms with Crippen LogP contribution in [0.4, 0.5) is 4.79 Å². The quantitative estimate of drug-likeness (QED) is 0.787. The SMILES string of the molecule is CC(C)NC1CCN(OC(=O)OC(C)(C)C)CC1. The Morgan fingerprint density at radius 1 is 1.28 bits per heavy atom. The zero-order chi connectivity index (χ0) is 13.8. The molecule has 0 unspecified atom stereocenters. The summed E-state index contributed by atoms with van der Waals surface area (Å²) in [5.74, 6) is 0. The number of hydroxylamine groups is 2. The summed E-state index contributed by atoms with van der Waals surface area (Å²) in [4.78, 5) is 16.6. The van der Waals surface area contributed by atoms with E-state index in [1.165, 1.54) is 0 Å². The van der Waals surface area contributed by atoms with Gasteiger partial charge in [0.1, 0.15) is 5.60 Å². The Balaban J connectivity index is 2.25. The lowest BCUT2D eigenvalue weighted by atomic mass is 10.1. The van der Waals surface area contributed by atoms with Crippen molar-refractivity contribution < 1.29 is 14.4 Å². The van der Waals surface area contributed by atoms with Crippen LogP contribution in [0.15, 0.2) is 0 Å². The molecule has 18 heavy (non-hydrogen) atoms. The summed E-state index contributed by atoms with van der Waals surface area (Å²) < 4.78 is 5.11. The molecule has 1 fully saturated rings. The Morgan fingerprint density at radius 3 is 2.28 bits per heavy atom.